The van der Waals surface area contributed by atoms with Crippen molar-refractivity contribution in [3.8, 4) is 5.75 Å². The largest absolute Gasteiger partial charge is 0.493 e. The molecular formula is C12H14BrNO4. The lowest BCUT2D eigenvalue weighted by Crippen LogP contribution is -2.38. The number of rotatable bonds is 6. The molecule has 0 fully saturated rings. The van der Waals surface area contributed by atoms with Crippen molar-refractivity contribution in [2.24, 2.45) is 0 Å². The first kappa shape index (κ1) is 14.5. The average Bonchev–Trinajstić information content (AvgIpc) is 2.28. The zero-order valence-electron chi connectivity index (χ0n) is 9.85. The van der Waals surface area contributed by atoms with Crippen LogP contribution in [0.25, 0.3) is 0 Å². The smallest absolute Gasteiger partial charge is 0.325 e. The molecule has 1 amide bonds. The Morgan fingerprint density at radius 1 is 1.50 bits per heavy atom. The number of hydrogen-bond donors (Lipinski definition) is 2. The lowest BCUT2D eigenvalue weighted by atomic mass is 10.3. The summed E-state index contributed by atoms with van der Waals surface area (Å²) in [6, 6.07) is 6.38. The summed E-state index contributed by atoms with van der Waals surface area (Å²) >= 11 is 3.31. The maximum Gasteiger partial charge on any atom is 0.325 e. The zero-order valence-corrected chi connectivity index (χ0v) is 11.4. The molecule has 0 aromatic heterocycles. The minimum Gasteiger partial charge on any atom is -0.493 e. The van der Waals surface area contributed by atoms with E-state index in [1.54, 1.807) is 12.1 Å². The summed E-state index contributed by atoms with van der Waals surface area (Å²) in [6.45, 7) is 1.62. The molecule has 1 aromatic rings. The van der Waals surface area contributed by atoms with Gasteiger partial charge in [0, 0.05) is 4.47 Å². The van der Waals surface area contributed by atoms with E-state index in [2.05, 4.69) is 21.2 Å². The summed E-state index contributed by atoms with van der Waals surface area (Å²) < 4.78 is 6.25. The number of nitrogens with one attached hydrogen (secondary N) is 1. The summed E-state index contributed by atoms with van der Waals surface area (Å²) in [6.07, 6.45) is 0.115. The molecule has 18 heavy (non-hydrogen) atoms. The van der Waals surface area contributed by atoms with Crippen molar-refractivity contribution < 1.29 is 19.4 Å². The first-order valence-electron chi connectivity index (χ1n) is 5.39. The molecule has 1 unspecified atom stereocenters. The summed E-state index contributed by atoms with van der Waals surface area (Å²) in [7, 11) is 0. The third kappa shape index (κ3) is 5.18. The second kappa shape index (κ2) is 7.00. The van der Waals surface area contributed by atoms with E-state index in [1.165, 1.54) is 6.92 Å². The molecule has 98 valence electrons. The normalized spacial score (nSPS) is 11.7. The molecule has 0 aliphatic rings. The van der Waals surface area contributed by atoms with E-state index in [0.717, 1.165) is 4.47 Å². The van der Waals surface area contributed by atoms with Crippen LogP contribution in [-0.4, -0.2) is 29.6 Å². The van der Waals surface area contributed by atoms with Gasteiger partial charge in [0.25, 0.3) is 0 Å². The molecule has 0 aliphatic heterocycles. The van der Waals surface area contributed by atoms with Crippen molar-refractivity contribution in [3.63, 3.8) is 0 Å². The fourth-order valence-corrected chi connectivity index (χ4v) is 1.57. The Morgan fingerprint density at radius 2 is 2.22 bits per heavy atom. The predicted octanol–water partition coefficient (Wildman–Crippen LogP) is 1.81. The molecular weight excluding hydrogens is 302 g/mol. The fraction of sp³-hybridized carbons (Fsp3) is 0.333. The van der Waals surface area contributed by atoms with Gasteiger partial charge in [-0.15, -0.1) is 0 Å². The zero-order chi connectivity index (χ0) is 13.5. The van der Waals surface area contributed by atoms with Gasteiger partial charge in [-0.05, 0) is 25.1 Å². The van der Waals surface area contributed by atoms with Crippen LogP contribution in [0.3, 0.4) is 0 Å². The van der Waals surface area contributed by atoms with Crippen LogP contribution in [0.5, 0.6) is 5.75 Å². The SMILES string of the molecule is CC(NC(=O)CCOc1cccc(Br)c1)C(=O)O. The van der Waals surface area contributed by atoms with Crippen LogP contribution in [0.15, 0.2) is 28.7 Å². The van der Waals surface area contributed by atoms with Gasteiger partial charge in [-0.2, -0.15) is 0 Å². The number of hydrogen-bond acceptors (Lipinski definition) is 3. The maximum absolute atomic E-state index is 11.4. The fourth-order valence-electron chi connectivity index (χ4n) is 1.19. The highest BCUT2D eigenvalue weighted by Crippen LogP contribution is 2.17. The molecule has 1 rings (SSSR count). The number of carbonyl (C=O) groups is 2. The minimum absolute atomic E-state index is 0.115. The molecule has 0 bridgehead atoms. The number of carboxylic acids is 1. The molecule has 6 heteroatoms. The Hall–Kier alpha value is -1.56. The highest BCUT2D eigenvalue weighted by molar-refractivity contribution is 9.10. The van der Waals surface area contributed by atoms with Crippen LogP contribution < -0.4 is 10.1 Å². The molecule has 0 radical (unpaired) electrons. The van der Waals surface area contributed by atoms with Gasteiger partial charge in [0.2, 0.25) is 5.91 Å². The highest BCUT2D eigenvalue weighted by Gasteiger charge is 2.13. The number of carboxylic acid groups (broad SMARTS) is 1. The Bertz CT molecular complexity index is 436. The predicted molar refractivity (Wildman–Crippen MR) is 69.5 cm³/mol. The van der Waals surface area contributed by atoms with Crippen molar-refractivity contribution in [3.05, 3.63) is 28.7 Å². The Labute approximate surface area is 113 Å². The van der Waals surface area contributed by atoms with Crippen molar-refractivity contribution >= 4 is 27.8 Å². The maximum atomic E-state index is 11.4. The first-order valence-corrected chi connectivity index (χ1v) is 6.19. The highest BCUT2D eigenvalue weighted by atomic mass is 79.9. The van der Waals surface area contributed by atoms with Gasteiger partial charge in [0.1, 0.15) is 11.8 Å². The molecule has 2 N–H and O–H groups in total. The quantitative estimate of drug-likeness (QED) is 0.839. The topological polar surface area (TPSA) is 75.6 Å². The number of amides is 1. The van der Waals surface area contributed by atoms with E-state index in [-0.39, 0.29) is 18.9 Å². The van der Waals surface area contributed by atoms with Gasteiger partial charge >= 0.3 is 5.97 Å². The Balaban J connectivity index is 2.29. The van der Waals surface area contributed by atoms with Crippen LogP contribution >= 0.6 is 15.9 Å². The number of benzene rings is 1. The average molecular weight is 316 g/mol. The molecule has 0 heterocycles. The molecule has 0 saturated heterocycles. The van der Waals surface area contributed by atoms with E-state index < -0.39 is 12.0 Å². The minimum atomic E-state index is -1.06. The van der Waals surface area contributed by atoms with Gasteiger partial charge < -0.3 is 15.2 Å². The van der Waals surface area contributed by atoms with E-state index >= 15 is 0 Å². The molecule has 1 atom stereocenters. The molecule has 1 aromatic carbocycles. The molecule has 0 aliphatic carbocycles. The molecule has 0 saturated carbocycles. The summed E-state index contributed by atoms with van der Waals surface area (Å²) in [5.74, 6) is -0.750. The van der Waals surface area contributed by atoms with Crippen molar-refractivity contribution in [2.45, 2.75) is 19.4 Å². The second-order valence-corrected chi connectivity index (χ2v) is 4.60. The van der Waals surface area contributed by atoms with Crippen molar-refractivity contribution in [1.29, 1.82) is 0 Å². The van der Waals surface area contributed by atoms with E-state index in [9.17, 15) is 9.59 Å². The van der Waals surface area contributed by atoms with Crippen molar-refractivity contribution in [1.82, 2.24) is 5.32 Å². The molecule has 5 nitrogen and oxygen atoms in total. The summed E-state index contributed by atoms with van der Waals surface area (Å²) in [5, 5.41) is 11.0. The van der Waals surface area contributed by atoms with Crippen molar-refractivity contribution in [2.75, 3.05) is 6.61 Å². The standard InChI is InChI=1S/C12H14BrNO4/c1-8(12(16)17)14-11(15)5-6-18-10-4-2-3-9(13)7-10/h2-4,7-8H,5-6H2,1H3,(H,14,15)(H,16,17). The summed E-state index contributed by atoms with van der Waals surface area (Å²) in [4.78, 5) is 21.9. The van der Waals surface area contributed by atoms with Crippen LogP contribution in [0.4, 0.5) is 0 Å². The van der Waals surface area contributed by atoms with Gasteiger partial charge in [0.05, 0.1) is 13.0 Å². The number of carbonyl (C=O) groups excluding carboxylic acids is 1. The molecule has 0 spiro atoms. The van der Waals surface area contributed by atoms with Gasteiger partial charge in [-0.1, -0.05) is 22.0 Å². The van der Waals surface area contributed by atoms with E-state index in [0.29, 0.717) is 5.75 Å². The lowest BCUT2D eigenvalue weighted by Gasteiger charge is -2.10. The number of aliphatic carboxylic acids is 1. The Morgan fingerprint density at radius 3 is 2.83 bits per heavy atom. The van der Waals surface area contributed by atoms with E-state index in [1.807, 2.05) is 12.1 Å². The van der Waals surface area contributed by atoms with Gasteiger partial charge in [-0.3, -0.25) is 9.59 Å². The van der Waals surface area contributed by atoms with E-state index in [4.69, 9.17) is 9.84 Å². The third-order valence-electron chi connectivity index (χ3n) is 2.14. The van der Waals surface area contributed by atoms with Gasteiger partial charge in [0.15, 0.2) is 0 Å². The number of halogens is 1. The van der Waals surface area contributed by atoms with Gasteiger partial charge in [-0.25, -0.2) is 0 Å². The Kier molecular flexibility index (Phi) is 5.64. The summed E-state index contributed by atoms with van der Waals surface area (Å²) in [5.41, 5.74) is 0. The monoisotopic (exact) mass is 315 g/mol. The van der Waals surface area contributed by atoms with Crippen LogP contribution in [0.1, 0.15) is 13.3 Å². The first-order chi connectivity index (χ1) is 8.49. The third-order valence-corrected chi connectivity index (χ3v) is 2.64. The lowest BCUT2D eigenvalue weighted by molar-refractivity contribution is -0.141. The number of ether oxygens (including phenoxy) is 1. The van der Waals surface area contributed by atoms with Crippen LogP contribution in [0.2, 0.25) is 0 Å². The van der Waals surface area contributed by atoms with Crippen LogP contribution in [0, 0.1) is 0 Å². The second-order valence-electron chi connectivity index (χ2n) is 3.68. The van der Waals surface area contributed by atoms with Crippen LogP contribution in [-0.2, 0) is 9.59 Å².